The second kappa shape index (κ2) is 63.7. The smallest absolute Gasteiger partial charge is 0.306 e. The van der Waals surface area contributed by atoms with Gasteiger partial charge in [-0.25, -0.2) is 0 Å². The zero-order valence-corrected chi connectivity index (χ0v) is 57.3. The molecule has 9 nitrogen and oxygen atoms in total. The molecular formula is C74H139N2O7P. The van der Waals surface area contributed by atoms with Crippen LogP contribution in [0.25, 0.3) is 0 Å². The Labute approximate surface area is 521 Å². The predicted octanol–water partition coefficient (Wildman–Crippen LogP) is 22.3. The largest absolute Gasteiger partial charge is 0.756 e. The van der Waals surface area contributed by atoms with Gasteiger partial charge in [0.15, 0.2) is 0 Å². The van der Waals surface area contributed by atoms with Crippen molar-refractivity contribution in [2.75, 3.05) is 40.9 Å². The van der Waals surface area contributed by atoms with E-state index < -0.39 is 20.0 Å². The van der Waals surface area contributed by atoms with Crippen LogP contribution in [0.3, 0.4) is 0 Å². The van der Waals surface area contributed by atoms with Crippen molar-refractivity contribution in [3.8, 4) is 0 Å². The molecule has 3 unspecified atom stereocenters. The number of carbonyl (C=O) groups is 2. The van der Waals surface area contributed by atoms with Crippen LogP contribution in [0.5, 0.6) is 0 Å². The summed E-state index contributed by atoms with van der Waals surface area (Å²) in [6.45, 7) is 6.85. The number of nitrogens with zero attached hydrogens (tertiary/aromatic N) is 1. The molecule has 0 aromatic heterocycles. The summed E-state index contributed by atoms with van der Waals surface area (Å²) >= 11 is 0. The number of allylic oxidation sites excluding steroid dienone is 9. The lowest BCUT2D eigenvalue weighted by Crippen LogP contribution is -2.47. The van der Waals surface area contributed by atoms with Gasteiger partial charge in [-0.05, 0) is 96.0 Å². The molecule has 1 N–H and O–H groups in total. The maximum atomic E-state index is 13.6. The van der Waals surface area contributed by atoms with Gasteiger partial charge in [0.1, 0.15) is 19.3 Å². The molecule has 0 aliphatic carbocycles. The maximum Gasteiger partial charge on any atom is 0.306 e. The fraction of sp³-hybridized carbons (Fsp3) is 0.838. The molecule has 84 heavy (non-hydrogen) atoms. The Morgan fingerprint density at radius 3 is 1.12 bits per heavy atom. The van der Waals surface area contributed by atoms with Crippen LogP contribution in [0.15, 0.2) is 60.8 Å². The molecule has 3 atom stereocenters. The summed E-state index contributed by atoms with van der Waals surface area (Å²) in [5, 5.41) is 3.05. The minimum Gasteiger partial charge on any atom is -0.756 e. The summed E-state index contributed by atoms with van der Waals surface area (Å²) in [7, 11) is 1.19. The maximum absolute atomic E-state index is 13.6. The minimum atomic E-state index is -4.70. The molecule has 0 aromatic rings. The van der Waals surface area contributed by atoms with E-state index in [1.807, 2.05) is 33.3 Å². The van der Waals surface area contributed by atoms with Gasteiger partial charge in [-0.2, -0.15) is 0 Å². The number of amides is 1. The molecule has 492 valence electrons. The van der Waals surface area contributed by atoms with E-state index in [0.29, 0.717) is 17.4 Å². The standard InChI is InChI=1S/C74H139N2O7P/c1-7-10-13-16-19-22-25-28-30-32-34-35-36-37-38-39-40-41-43-44-46-48-51-54-57-60-63-66-73(77)75-71(70-82-84(79,80)81-69-68-76(4,5)6)72(65-62-59-56-53-50-27-24-21-18-15-12-9-3)83-74(78)67-64-61-58-55-52-49-47-45-42-33-31-29-26-23-20-17-14-11-8-2/h19,22,28-31,34-35,62,65,71-72H,7-18,20-21,23-27,32-33,36-61,63-64,66-70H2,1-6H3,(H-,75,77,79,80)/b22-19-,30-28-,31-29+,35-34-,65-62-. The molecule has 0 aromatic carbocycles. The predicted molar refractivity (Wildman–Crippen MR) is 362 cm³/mol. The Hall–Kier alpha value is -2.29. The first-order valence-corrected chi connectivity index (χ1v) is 37.6. The van der Waals surface area contributed by atoms with Crippen molar-refractivity contribution in [3.63, 3.8) is 0 Å². The molecule has 1 amide bonds. The van der Waals surface area contributed by atoms with E-state index in [-0.39, 0.29) is 31.5 Å². The van der Waals surface area contributed by atoms with Crippen LogP contribution in [-0.2, 0) is 27.9 Å². The summed E-state index contributed by atoms with van der Waals surface area (Å²) in [5.41, 5.74) is 0. The average molecular weight is 1200 g/mol. The lowest BCUT2D eigenvalue weighted by Gasteiger charge is -2.30. The Bertz CT molecular complexity index is 1620. The molecule has 0 saturated heterocycles. The van der Waals surface area contributed by atoms with Crippen LogP contribution in [0.1, 0.15) is 348 Å². The Kier molecular flexibility index (Phi) is 62.0. The monoisotopic (exact) mass is 1200 g/mol. The zero-order chi connectivity index (χ0) is 61.4. The molecule has 0 aliphatic rings. The molecule has 10 heteroatoms. The molecule has 0 heterocycles. The average Bonchev–Trinajstić information content (AvgIpc) is 3.64. The van der Waals surface area contributed by atoms with Crippen LogP contribution in [0.2, 0.25) is 0 Å². The third kappa shape index (κ3) is 64.2. The van der Waals surface area contributed by atoms with Gasteiger partial charge in [-0.15, -0.1) is 0 Å². The number of quaternary nitrogens is 1. The fourth-order valence-corrected chi connectivity index (χ4v) is 11.3. The Morgan fingerprint density at radius 1 is 0.417 bits per heavy atom. The summed E-state index contributed by atoms with van der Waals surface area (Å²) < 4.78 is 30.5. The number of rotatable bonds is 66. The van der Waals surface area contributed by atoms with Crippen LogP contribution in [0, 0.1) is 0 Å². The van der Waals surface area contributed by atoms with E-state index in [1.54, 1.807) is 0 Å². The molecular weight excluding hydrogens is 1060 g/mol. The van der Waals surface area contributed by atoms with E-state index >= 15 is 0 Å². The number of unbranched alkanes of at least 4 members (excludes halogenated alkanes) is 42. The number of carbonyl (C=O) groups excluding carboxylic acids is 2. The van der Waals surface area contributed by atoms with Gasteiger partial charge in [0.05, 0.1) is 33.8 Å². The number of nitrogens with one attached hydrogen (secondary N) is 1. The van der Waals surface area contributed by atoms with Gasteiger partial charge in [0.2, 0.25) is 5.91 Å². The Morgan fingerprint density at radius 2 is 0.726 bits per heavy atom. The molecule has 0 bridgehead atoms. The number of likely N-dealkylation sites (N-methyl/N-ethyl adjacent to an activating group) is 1. The van der Waals surface area contributed by atoms with Crippen molar-refractivity contribution in [3.05, 3.63) is 60.8 Å². The lowest BCUT2D eigenvalue weighted by atomic mass is 10.0. The number of phosphoric ester groups is 1. The van der Waals surface area contributed by atoms with Crippen LogP contribution >= 0.6 is 7.82 Å². The van der Waals surface area contributed by atoms with E-state index in [4.69, 9.17) is 13.8 Å². The van der Waals surface area contributed by atoms with Crippen molar-refractivity contribution in [1.82, 2.24) is 5.32 Å². The highest BCUT2D eigenvalue weighted by Gasteiger charge is 2.27. The quantitative estimate of drug-likeness (QED) is 0.0212. The highest BCUT2D eigenvalue weighted by atomic mass is 31.2. The fourth-order valence-electron chi connectivity index (χ4n) is 10.6. The Balaban J connectivity index is 5.01. The summed E-state index contributed by atoms with van der Waals surface area (Å²) in [4.78, 5) is 40.2. The first-order valence-electron chi connectivity index (χ1n) is 36.1. The number of phosphoric acid groups is 1. The van der Waals surface area contributed by atoms with Crippen molar-refractivity contribution < 1.29 is 37.3 Å². The van der Waals surface area contributed by atoms with E-state index in [1.165, 1.54) is 244 Å². The third-order valence-corrected chi connectivity index (χ3v) is 17.1. The second-order valence-electron chi connectivity index (χ2n) is 25.7. The van der Waals surface area contributed by atoms with Crippen molar-refractivity contribution in [2.45, 2.75) is 360 Å². The van der Waals surface area contributed by atoms with Crippen LogP contribution in [0.4, 0.5) is 0 Å². The first-order chi connectivity index (χ1) is 40.9. The molecule has 0 saturated carbocycles. The topological polar surface area (TPSA) is 114 Å². The van der Waals surface area contributed by atoms with Gasteiger partial charge in [0.25, 0.3) is 7.82 Å². The minimum absolute atomic E-state index is 0.0223. The van der Waals surface area contributed by atoms with Gasteiger partial charge in [0, 0.05) is 12.8 Å². The van der Waals surface area contributed by atoms with Crippen molar-refractivity contribution >= 4 is 19.7 Å². The van der Waals surface area contributed by atoms with Crippen LogP contribution in [-0.4, -0.2) is 69.4 Å². The van der Waals surface area contributed by atoms with E-state index in [9.17, 15) is 19.0 Å². The van der Waals surface area contributed by atoms with Crippen molar-refractivity contribution in [1.29, 1.82) is 0 Å². The lowest BCUT2D eigenvalue weighted by molar-refractivity contribution is -0.870. The third-order valence-electron chi connectivity index (χ3n) is 16.2. The normalized spacial score (nSPS) is 13.8. The number of ether oxygens (including phenoxy) is 1. The molecule has 0 spiro atoms. The highest BCUT2D eigenvalue weighted by molar-refractivity contribution is 7.45. The van der Waals surface area contributed by atoms with E-state index in [2.05, 4.69) is 74.7 Å². The summed E-state index contributed by atoms with van der Waals surface area (Å²) in [5.74, 6) is -0.531. The van der Waals surface area contributed by atoms with Gasteiger partial charge in [-0.3, -0.25) is 14.2 Å². The highest BCUT2D eigenvalue weighted by Crippen LogP contribution is 2.38. The van der Waals surface area contributed by atoms with Gasteiger partial charge < -0.3 is 28.5 Å². The molecule has 0 fully saturated rings. The van der Waals surface area contributed by atoms with E-state index in [0.717, 1.165) is 70.6 Å². The van der Waals surface area contributed by atoms with Gasteiger partial charge in [-0.1, -0.05) is 300 Å². The molecule has 0 aliphatic heterocycles. The summed E-state index contributed by atoms with van der Waals surface area (Å²) in [6.07, 6.45) is 82.0. The number of hydrogen-bond acceptors (Lipinski definition) is 7. The summed E-state index contributed by atoms with van der Waals surface area (Å²) in [6, 6.07) is -0.890. The number of esters is 1. The van der Waals surface area contributed by atoms with Crippen LogP contribution < -0.4 is 10.2 Å². The van der Waals surface area contributed by atoms with Crippen molar-refractivity contribution in [2.24, 2.45) is 0 Å². The zero-order valence-electron chi connectivity index (χ0n) is 56.4. The first kappa shape index (κ1) is 81.7. The second-order valence-corrected chi connectivity index (χ2v) is 27.1. The van der Waals surface area contributed by atoms with Gasteiger partial charge >= 0.3 is 5.97 Å². The SMILES string of the molecule is CCCCC/C=C\C/C=C\C/C=C\CCCCCCCCCCCCCCCCC(=O)NC(COP(=O)([O-])OCC[N+](C)(C)C)C(/C=C\CCCCCCCCCCCC)OC(=O)CCCCCCCCCCC/C=C/CCCCCCCC. The molecule has 0 rings (SSSR count). The molecule has 0 radical (unpaired) electrons. The number of hydrogen-bond donors (Lipinski definition) is 1.